The number of carboxylic acid groups (broad SMARTS) is 1. The Morgan fingerprint density at radius 3 is 2.30 bits per heavy atom. The van der Waals surface area contributed by atoms with Gasteiger partial charge >= 0.3 is 5.97 Å². The smallest absolute Gasteiger partial charge is 0.329 e. The van der Waals surface area contributed by atoms with Crippen molar-refractivity contribution in [1.29, 1.82) is 0 Å². The van der Waals surface area contributed by atoms with Crippen molar-refractivity contribution in [3.63, 3.8) is 0 Å². The molecular formula is C13H19NO5S. The summed E-state index contributed by atoms with van der Waals surface area (Å²) in [6.45, 7) is 5.00. The summed E-state index contributed by atoms with van der Waals surface area (Å²) in [5, 5.41) is 8.39. The average Bonchev–Trinajstić information content (AvgIpc) is 2.25. The number of benzene rings is 1. The van der Waals surface area contributed by atoms with Gasteiger partial charge in [0.25, 0.3) is 0 Å². The van der Waals surface area contributed by atoms with Gasteiger partial charge in [-0.2, -0.15) is 0 Å². The van der Waals surface area contributed by atoms with Gasteiger partial charge in [0, 0.05) is 6.54 Å². The molecule has 0 atom stereocenters. The second kappa shape index (κ2) is 6.83. The Labute approximate surface area is 118 Å². The number of hydrogen-bond donors (Lipinski definition) is 2. The predicted molar refractivity (Wildman–Crippen MR) is 74.3 cm³/mol. The minimum absolute atomic E-state index is 0.00941. The van der Waals surface area contributed by atoms with Crippen molar-refractivity contribution >= 4 is 16.0 Å². The first kappa shape index (κ1) is 16.6. The lowest BCUT2D eigenvalue weighted by atomic mass is 10.1. The summed E-state index contributed by atoms with van der Waals surface area (Å²) in [4.78, 5) is 10.5. The third-order valence-electron chi connectivity index (χ3n) is 2.64. The molecule has 0 aromatic heterocycles. The standard InChI is InChI=1S/C13H19NO5S/c1-9-6-10(2)13(11(3)7-9)20(17,18)14-4-5-19-8-12(15)16/h6-7,14H,4-5,8H2,1-3H3,(H,15,16). The van der Waals surface area contributed by atoms with Gasteiger partial charge in [-0.05, 0) is 31.9 Å². The highest BCUT2D eigenvalue weighted by Crippen LogP contribution is 2.21. The number of ether oxygens (including phenoxy) is 1. The number of rotatable bonds is 7. The summed E-state index contributed by atoms with van der Waals surface area (Å²) < 4.78 is 31.6. The molecule has 1 aromatic rings. The van der Waals surface area contributed by atoms with Crippen molar-refractivity contribution in [1.82, 2.24) is 4.72 Å². The molecule has 7 heteroatoms. The molecule has 20 heavy (non-hydrogen) atoms. The normalized spacial score (nSPS) is 11.6. The van der Waals surface area contributed by atoms with Crippen molar-refractivity contribution in [3.8, 4) is 0 Å². The van der Waals surface area contributed by atoms with Gasteiger partial charge in [0.05, 0.1) is 11.5 Å². The Morgan fingerprint density at radius 2 is 1.80 bits per heavy atom. The quantitative estimate of drug-likeness (QED) is 0.733. The fraction of sp³-hybridized carbons (Fsp3) is 0.462. The molecule has 0 bridgehead atoms. The Hall–Kier alpha value is -1.44. The van der Waals surface area contributed by atoms with E-state index in [0.29, 0.717) is 11.1 Å². The van der Waals surface area contributed by atoms with E-state index in [1.165, 1.54) is 0 Å². The van der Waals surface area contributed by atoms with E-state index in [9.17, 15) is 13.2 Å². The molecule has 0 amide bonds. The van der Waals surface area contributed by atoms with Crippen LogP contribution in [-0.2, 0) is 19.6 Å². The number of sulfonamides is 1. The zero-order valence-electron chi connectivity index (χ0n) is 11.8. The van der Waals surface area contributed by atoms with Crippen LogP contribution in [0, 0.1) is 20.8 Å². The molecule has 0 saturated heterocycles. The van der Waals surface area contributed by atoms with Crippen molar-refractivity contribution in [2.45, 2.75) is 25.7 Å². The van der Waals surface area contributed by atoms with E-state index in [4.69, 9.17) is 9.84 Å². The monoisotopic (exact) mass is 301 g/mol. The first-order valence-electron chi connectivity index (χ1n) is 6.11. The van der Waals surface area contributed by atoms with Gasteiger partial charge in [0.1, 0.15) is 6.61 Å². The second-order valence-corrected chi connectivity index (χ2v) is 6.28. The number of aryl methyl sites for hydroxylation is 3. The highest BCUT2D eigenvalue weighted by Gasteiger charge is 2.19. The third-order valence-corrected chi connectivity index (χ3v) is 4.40. The molecular weight excluding hydrogens is 282 g/mol. The van der Waals surface area contributed by atoms with Gasteiger partial charge in [-0.1, -0.05) is 17.7 Å². The van der Waals surface area contributed by atoms with Gasteiger partial charge < -0.3 is 9.84 Å². The number of nitrogens with one attached hydrogen (secondary N) is 1. The molecule has 0 radical (unpaired) electrons. The van der Waals surface area contributed by atoms with Crippen LogP contribution < -0.4 is 4.72 Å². The molecule has 112 valence electrons. The molecule has 6 nitrogen and oxygen atoms in total. The first-order valence-corrected chi connectivity index (χ1v) is 7.59. The van der Waals surface area contributed by atoms with Crippen molar-refractivity contribution in [3.05, 3.63) is 28.8 Å². The fourth-order valence-corrected chi connectivity index (χ4v) is 3.53. The van der Waals surface area contributed by atoms with Gasteiger partial charge in [-0.3, -0.25) is 0 Å². The SMILES string of the molecule is Cc1cc(C)c(S(=O)(=O)NCCOCC(=O)O)c(C)c1. The maximum atomic E-state index is 12.2. The van der Waals surface area contributed by atoms with Crippen LogP contribution in [0.2, 0.25) is 0 Å². The van der Waals surface area contributed by atoms with E-state index in [0.717, 1.165) is 5.56 Å². The molecule has 1 rings (SSSR count). The van der Waals surface area contributed by atoms with Crippen LogP contribution in [0.4, 0.5) is 0 Å². The van der Waals surface area contributed by atoms with E-state index in [-0.39, 0.29) is 18.0 Å². The number of carbonyl (C=O) groups is 1. The Morgan fingerprint density at radius 1 is 1.25 bits per heavy atom. The lowest BCUT2D eigenvalue weighted by Gasteiger charge is -2.13. The zero-order chi connectivity index (χ0) is 15.3. The predicted octanol–water partition coefficient (Wildman–Crippen LogP) is 0.991. The molecule has 0 heterocycles. The van der Waals surface area contributed by atoms with Crippen LogP contribution in [0.15, 0.2) is 17.0 Å². The van der Waals surface area contributed by atoms with Gasteiger partial charge in [-0.15, -0.1) is 0 Å². The molecule has 0 spiro atoms. The molecule has 0 aliphatic carbocycles. The molecule has 0 unspecified atom stereocenters. The lowest BCUT2D eigenvalue weighted by Crippen LogP contribution is -2.29. The van der Waals surface area contributed by atoms with E-state index >= 15 is 0 Å². The molecule has 0 aliphatic rings. The van der Waals surface area contributed by atoms with E-state index < -0.39 is 22.6 Å². The highest BCUT2D eigenvalue weighted by atomic mass is 32.2. The van der Waals surface area contributed by atoms with Gasteiger partial charge in [-0.25, -0.2) is 17.9 Å². The first-order chi connectivity index (χ1) is 9.24. The minimum atomic E-state index is -3.62. The molecule has 0 saturated carbocycles. The Balaban J connectivity index is 2.73. The maximum Gasteiger partial charge on any atom is 0.329 e. The lowest BCUT2D eigenvalue weighted by molar-refractivity contribution is -0.142. The van der Waals surface area contributed by atoms with Crippen LogP contribution >= 0.6 is 0 Å². The van der Waals surface area contributed by atoms with Crippen LogP contribution in [0.1, 0.15) is 16.7 Å². The summed E-state index contributed by atoms with van der Waals surface area (Å²) in [7, 11) is -3.62. The third kappa shape index (κ3) is 4.59. The van der Waals surface area contributed by atoms with Crippen molar-refractivity contribution in [2.75, 3.05) is 19.8 Å². The van der Waals surface area contributed by atoms with E-state index in [2.05, 4.69) is 4.72 Å². The fourth-order valence-electron chi connectivity index (χ4n) is 2.07. The van der Waals surface area contributed by atoms with Crippen LogP contribution in [0.25, 0.3) is 0 Å². The topological polar surface area (TPSA) is 92.7 Å². The summed E-state index contributed by atoms with van der Waals surface area (Å²) in [6, 6.07) is 3.62. The molecule has 2 N–H and O–H groups in total. The summed E-state index contributed by atoms with van der Waals surface area (Å²) in [6.07, 6.45) is 0. The minimum Gasteiger partial charge on any atom is -0.480 e. The van der Waals surface area contributed by atoms with Crippen LogP contribution in [0.3, 0.4) is 0 Å². The van der Waals surface area contributed by atoms with E-state index in [1.54, 1.807) is 13.8 Å². The average molecular weight is 301 g/mol. The summed E-state index contributed by atoms with van der Waals surface area (Å²) in [5.41, 5.74) is 2.37. The summed E-state index contributed by atoms with van der Waals surface area (Å²) >= 11 is 0. The van der Waals surface area contributed by atoms with Gasteiger partial charge in [0.2, 0.25) is 10.0 Å². The highest BCUT2D eigenvalue weighted by molar-refractivity contribution is 7.89. The van der Waals surface area contributed by atoms with E-state index in [1.807, 2.05) is 19.1 Å². The van der Waals surface area contributed by atoms with Crippen molar-refractivity contribution < 1.29 is 23.1 Å². The number of carboxylic acids is 1. The maximum absolute atomic E-state index is 12.2. The van der Waals surface area contributed by atoms with Crippen molar-refractivity contribution in [2.24, 2.45) is 0 Å². The summed E-state index contributed by atoms with van der Waals surface area (Å²) in [5.74, 6) is -1.09. The number of aliphatic carboxylic acids is 1. The molecule has 0 aliphatic heterocycles. The van der Waals surface area contributed by atoms with Crippen LogP contribution in [0.5, 0.6) is 0 Å². The molecule has 0 fully saturated rings. The van der Waals surface area contributed by atoms with Crippen LogP contribution in [-0.4, -0.2) is 39.3 Å². The molecule has 1 aromatic carbocycles. The zero-order valence-corrected chi connectivity index (χ0v) is 12.6. The Bertz CT molecular complexity index is 572. The Kier molecular flexibility index (Phi) is 5.67. The second-order valence-electron chi connectivity index (χ2n) is 4.57. The van der Waals surface area contributed by atoms with Gasteiger partial charge in [0.15, 0.2) is 0 Å². The number of hydrogen-bond acceptors (Lipinski definition) is 4. The largest absolute Gasteiger partial charge is 0.480 e.